The zero-order valence-electron chi connectivity index (χ0n) is 17.2. The molecule has 0 radical (unpaired) electrons. The van der Waals surface area contributed by atoms with Crippen LogP contribution in [0.15, 0.2) is 42.7 Å². The standard InChI is InChI=1S/C19H13N3O4S.C2HF3O2/c1-26-11-4-2-10(3-5-11)8-21-18(25)19-22-14-15(23)13-9-20-7-6-12(13)16(24)17(14)27-19;3-2(4,5)1(6)7/h2-7,9H,8H2,1H3,(H,21,25);(H,6,7). The molecule has 3 aromatic rings. The van der Waals surface area contributed by atoms with E-state index in [1.54, 1.807) is 19.2 Å². The van der Waals surface area contributed by atoms with Crippen molar-refractivity contribution in [3.63, 3.8) is 0 Å². The van der Waals surface area contributed by atoms with Gasteiger partial charge in [0.25, 0.3) is 5.91 Å². The number of carboxylic acid groups (broad SMARTS) is 1. The lowest BCUT2D eigenvalue weighted by Gasteiger charge is -2.11. The fourth-order valence-corrected chi connectivity index (χ4v) is 3.68. The van der Waals surface area contributed by atoms with Gasteiger partial charge in [0.1, 0.15) is 16.3 Å². The molecule has 4 rings (SSSR count). The van der Waals surface area contributed by atoms with E-state index in [-0.39, 0.29) is 32.5 Å². The number of aromatic nitrogens is 2. The molecule has 1 aromatic carbocycles. The summed E-state index contributed by atoms with van der Waals surface area (Å²) in [6.07, 6.45) is -2.28. The summed E-state index contributed by atoms with van der Waals surface area (Å²) >= 11 is 0.926. The lowest BCUT2D eigenvalue weighted by atomic mass is 9.93. The minimum atomic E-state index is -5.08. The van der Waals surface area contributed by atoms with E-state index in [0.717, 1.165) is 22.6 Å². The van der Waals surface area contributed by atoms with Crippen molar-refractivity contribution in [1.82, 2.24) is 15.3 Å². The molecule has 1 aliphatic rings. The fourth-order valence-electron chi connectivity index (χ4n) is 2.75. The zero-order chi connectivity index (χ0) is 25.0. The normalized spacial score (nSPS) is 12.1. The van der Waals surface area contributed by atoms with Gasteiger partial charge in [-0.1, -0.05) is 12.1 Å². The Morgan fingerprint density at radius 2 is 1.74 bits per heavy atom. The molecule has 13 heteroatoms. The summed E-state index contributed by atoms with van der Waals surface area (Å²) in [7, 11) is 1.58. The number of hydrogen-bond donors (Lipinski definition) is 2. The van der Waals surface area contributed by atoms with Crippen LogP contribution in [0.2, 0.25) is 0 Å². The summed E-state index contributed by atoms with van der Waals surface area (Å²) in [5, 5.41) is 9.95. The van der Waals surface area contributed by atoms with Crippen LogP contribution in [0.4, 0.5) is 13.2 Å². The molecule has 176 valence electrons. The van der Waals surface area contributed by atoms with Gasteiger partial charge >= 0.3 is 12.1 Å². The third-order valence-corrected chi connectivity index (χ3v) is 5.46. The van der Waals surface area contributed by atoms with Crippen molar-refractivity contribution >= 4 is 34.8 Å². The Morgan fingerprint density at radius 3 is 2.32 bits per heavy atom. The molecule has 1 aliphatic carbocycles. The predicted molar refractivity (Wildman–Crippen MR) is 111 cm³/mol. The summed E-state index contributed by atoms with van der Waals surface area (Å²) in [4.78, 5) is 54.6. The largest absolute Gasteiger partial charge is 0.497 e. The minimum absolute atomic E-state index is 0.0140. The van der Waals surface area contributed by atoms with Crippen molar-refractivity contribution in [3.05, 3.63) is 75.0 Å². The summed E-state index contributed by atoms with van der Waals surface area (Å²) < 4.78 is 36.8. The highest BCUT2D eigenvalue weighted by Gasteiger charge is 2.38. The number of nitrogens with zero attached hydrogens (tertiary/aromatic N) is 2. The van der Waals surface area contributed by atoms with E-state index in [1.165, 1.54) is 18.5 Å². The van der Waals surface area contributed by atoms with Crippen LogP contribution in [0.25, 0.3) is 0 Å². The number of ketones is 2. The molecular weight excluding hydrogens is 479 g/mol. The molecule has 0 atom stereocenters. The number of ether oxygens (including phenoxy) is 1. The second kappa shape index (κ2) is 9.79. The van der Waals surface area contributed by atoms with Crippen LogP contribution in [0, 0.1) is 0 Å². The SMILES string of the molecule is COc1ccc(CNC(=O)c2nc3c(s2)C(=O)c2ccncc2C3=O)cc1.O=C(O)C(F)(F)F. The van der Waals surface area contributed by atoms with Crippen molar-refractivity contribution in [2.45, 2.75) is 12.7 Å². The Labute approximate surface area is 193 Å². The van der Waals surface area contributed by atoms with Crippen LogP contribution in [0.3, 0.4) is 0 Å². The second-order valence-electron chi connectivity index (χ2n) is 6.61. The number of carboxylic acids is 1. The first-order valence-electron chi connectivity index (χ1n) is 9.28. The summed E-state index contributed by atoms with van der Waals surface area (Å²) in [5.41, 5.74) is 1.40. The molecule has 0 aliphatic heterocycles. The lowest BCUT2D eigenvalue weighted by Crippen LogP contribution is -2.23. The highest BCUT2D eigenvalue weighted by atomic mass is 32.1. The van der Waals surface area contributed by atoms with Crippen LogP contribution >= 0.6 is 11.3 Å². The number of carbonyl (C=O) groups excluding carboxylic acids is 3. The number of methoxy groups -OCH3 is 1. The Morgan fingerprint density at radius 1 is 1.09 bits per heavy atom. The molecule has 34 heavy (non-hydrogen) atoms. The Kier molecular flexibility index (Phi) is 7.05. The van der Waals surface area contributed by atoms with Gasteiger partial charge < -0.3 is 15.2 Å². The number of thiazole rings is 1. The number of alkyl halides is 3. The average molecular weight is 493 g/mol. The third-order valence-electron chi connectivity index (χ3n) is 4.41. The van der Waals surface area contributed by atoms with Gasteiger partial charge in [0.05, 0.1) is 12.7 Å². The maximum Gasteiger partial charge on any atom is 0.490 e. The van der Waals surface area contributed by atoms with E-state index in [1.807, 2.05) is 12.1 Å². The average Bonchev–Trinajstić information content (AvgIpc) is 3.27. The first-order chi connectivity index (χ1) is 16.0. The van der Waals surface area contributed by atoms with E-state index in [2.05, 4.69) is 15.3 Å². The number of rotatable bonds is 4. The molecule has 2 heterocycles. The van der Waals surface area contributed by atoms with Gasteiger partial charge in [-0.25, -0.2) is 9.78 Å². The number of carbonyl (C=O) groups is 4. The van der Waals surface area contributed by atoms with E-state index >= 15 is 0 Å². The monoisotopic (exact) mass is 493 g/mol. The van der Waals surface area contributed by atoms with Crippen LogP contribution in [0.1, 0.15) is 46.7 Å². The molecule has 0 saturated heterocycles. The molecule has 1 amide bonds. The first-order valence-corrected chi connectivity index (χ1v) is 10.1. The Bertz CT molecular complexity index is 1220. The number of benzene rings is 1. The van der Waals surface area contributed by atoms with Gasteiger partial charge in [-0.05, 0) is 23.8 Å². The molecule has 0 saturated carbocycles. The van der Waals surface area contributed by atoms with Gasteiger partial charge in [0.2, 0.25) is 11.6 Å². The summed E-state index contributed by atoms with van der Waals surface area (Å²) in [6.45, 7) is 0.291. The van der Waals surface area contributed by atoms with Gasteiger partial charge in [-0.2, -0.15) is 13.2 Å². The molecule has 0 spiro atoms. The van der Waals surface area contributed by atoms with Crippen molar-refractivity contribution in [2.24, 2.45) is 0 Å². The van der Waals surface area contributed by atoms with Crippen LogP contribution in [-0.2, 0) is 11.3 Å². The van der Waals surface area contributed by atoms with E-state index < -0.39 is 23.8 Å². The van der Waals surface area contributed by atoms with Crippen molar-refractivity contribution in [3.8, 4) is 5.75 Å². The lowest BCUT2D eigenvalue weighted by molar-refractivity contribution is -0.192. The van der Waals surface area contributed by atoms with Crippen LogP contribution < -0.4 is 10.1 Å². The van der Waals surface area contributed by atoms with E-state index in [4.69, 9.17) is 14.6 Å². The third kappa shape index (κ3) is 5.26. The van der Waals surface area contributed by atoms with Gasteiger partial charge in [0.15, 0.2) is 5.01 Å². The van der Waals surface area contributed by atoms with E-state index in [9.17, 15) is 27.6 Å². The second-order valence-corrected chi connectivity index (χ2v) is 7.61. The molecule has 0 fully saturated rings. The molecule has 2 aromatic heterocycles. The summed E-state index contributed by atoms with van der Waals surface area (Å²) in [6, 6.07) is 8.77. The van der Waals surface area contributed by atoms with Crippen molar-refractivity contribution in [1.29, 1.82) is 0 Å². The summed E-state index contributed by atoms with van der Waals surface area (Å²) in [5.74, 6) is -3.17. The minimum Gasteiger partial charge on any atom is -0.497 e. The number of aliphatic carboxylic acids is 1. The number of pyridine rings is 1. The number of amides is 1. The van der Waals surface area contributed by atoms with Crippen molar-refractivity contribution < 1.29 is 42.2 Å². The Hall–Kier alpha value is -4.13. The van der Waals surface area contributed by atoms with Gasteiger partial charge in [0, 0.05) is 24.5 Å². The number of halogens is 3. The molecule has 2 N–H and O–H groups in total. The zero-order valence-corrected chi connectivity index (χ0v) is 18.0. The number of hydrogen-bond acceptors (Lipinski definition) is 8. The Balaban J connectivity index is 0.000000406. The highest BCUT2D eigenvalue weighted by Crippen LogP contribution is 2.30. The van der Waals surface area contributed by atoms with Gasteiger partial charge in [-0.3, -0.25) is 19.4 Å². The fraction of sp³-hybridized carbons (Fsp3) is 0.143. The smallest absolute Gasteiger partial charge is 0.490 e. The molecular formula is C21H14F3N3O6S. The quantitative estimate of drug-likeness (QED) is 0.443. The predicted octanol–water partition coefficient (Wildman–Crippen LogP) is 2.89. The molecule has 9 nitrogen and oxygen atoms in total. The van der Waals surface area contributed by atoms with Crippen LogP contribution in [-0.4, -0.2) is 51.8 Å². The topological polar surface area (TPSA) is 136 Å². The van der Waals surface area contributed by atoms with E-state index in [0.29, 0.717) is 6.54 Å². The number of fused-ring (bicyclic) bond motifs is 2. The maximum atomic E-state index is 12.6. The van der Waals surface area contributed by atoms with Crippen molar-refractivity contribution in [2.75, 3.05) is 7.11 Å². The molecule has 0 unspecified atom stereocenters. The van der Waals surface area contributed by atoms with Crippen LogP contribution in [0.5, 0.6) is 5.75 Å². The first kappa shape index (κ1) is 24.5. The molecule has 0 bridgehead atoms. The highest BCUT2D eigenvalue weighted by molar-refractivity contribution is 7.16. The van der Waals surface area contributed by atoms with Gasteiger partial charge in [-0.15, -0.1) is 11.3 Å². The number of nitrogens with one attached hydrogen (secondary N) is 1. The maximum absolute atomic E-state index is 12.6.